The van der Waals surface area contributed by atoms with E-state index in [1.54, 1.807) is 0 Å². The van der Waals surface area contributed by atoms with Crippen LogP contribution in [0.25, 0.3) is 54.9 Å². The van der Waals surface area contributed by atoms with Crippen molar-refractivity contribution in [2.45, 2.75) is 33.6 Å². The zero-order valence-corrected chi connectivity index (χ0v) is 18.0. The molecule has 0 aliphatic carbocycles. The third-order valence-corrected chi connectivity index (χ3v) is 7.21. The average Bonchev–Trinajstić information content (AvgIpc) is 3.31. The van der Waals surface area contributed by atoms with E-state index in [0.29, 0.717) is 0 Å². The van der Waals surface area contributed by atoms with E-state index in [2.05, 4.69) is 75.9 Å². The van der Waals surface area contributed by atoms with Gasteiger partial charge in [-0.2, -0.15) is 0 Å². The van der Waals surface area contributed by atoms with Gasteiger partial charge < -0.3 is 4.42 Å². The van der Waals surface area contributed by atoms with Gasteiger partial charge in [-0.1, -0.05) is 56.4 Å². The molecule has 0 atom stereocenters. The highest BCUT2D eigenvalue weighted by Crippen LogP contribution is 2.42. The minimum atomic E-state index is 0.963. The second kappa shape index (κ2) is 6.89. The van der Waals surface area contributed by atoms with E-state index in [-0.39, 0.29) is 0 Å². The molecule has 0 amide bonds. The number of aryl methyl sites for hydroxylation is 1. The van der Waals surface area contributed by atoms with Crippen molar-refractivity contribution in [3.05, 3.63) is 70.6 Å². The lowest BCUT2D eigenvalue weighted by Crippen LogP contribution is -1.79. The molecule has 0 aliphatic rings. The van der Waals surface area contributed by atoms with Crippen LogP contribution in [0.2, 0.25) is 0 Å². The van der Waals surface area contributed by atoms with Crippen LogP contribution in [0.4, 0.5) is 0 Å². The summed E-state index contributed by atoms with van der Waals surface area (Å²) in [6, 6.07) is 15.5. The number of rotatable bonds is 4. The van der Waals surface area contributed by atoms with Gasteiger partial charge in [0.05, 0.1) is 0 Å². The van der Waals surface area contributed by atoms with Crippen LogP contribution in [0.15, 0.2) is 59.0 Å². The molecule has 29 heavy (non-hydrogen) atoms. The van der Waals surface area contributed by atoms with E-state index in [9.17, 15) is 0 Å². The summed E-state index contributed by atoms with van der Waals surface area (Å²) >= 11 is 1.82. The first-order chi connectivity index (χ1) is 14.1. The van der Waals surface area contributed by atoms with E-state index in [1.807, 2.05) is 17.4 Å². The van der Waals surface area contributed by atoms with Gasteiger partial charge in [0, 0.05) is 42.1 Å². The van der Waals surface area contributed by atoms with E-state index >= 15 is 0 Å². The fraction of sp³-hybridized carbons (Fsp3) is 0.185. The maximum absolute atomic E-state index is 6.33. The number of hydrogen-bond donors (Lipinski definition) is 0. The summed E-state index contributed by atoms with van der Waals surface area (Å²) in [5, 5.41) is 6.15. The minimum absolute atomic E-state index is 0.963. The zero-order valence-electron chi connectivity index (χ0n) is 17.1. The van der Waals surface area contributed by atoms with Crippen molar-refractivity contribution in [1.82, 2.24) is 0 Å². The molecule has 0 saturated carbocycles. The van der Waals surface area contributed by atoms with Gasteiger partial charge in [0.25, 0.3) is 0 Å². The first-order valence-electron chi connectivity index (χ1n) is 10.3. The Labute approximate surface area is 174 Å². The van der Waals surface area contributed by atoms with Gasteiger partial charge in [-0.05, 0) is 49.6 Å². The minimum Gasteiger partial charge on any atom is -0.455 e. The monoisotopic (exact) mass is 396 g/mol. The summed E-state index contributed by atoms with van der Waals surface area (Å²) in [6.45, 7) is 10.6. The third kappa shape index (κ3) is 2.74. The summed E-state index contributed by atoms with van der Waals surface area (Å²) in [5.41, 5.74) is 5.96. The van der Waals surface area contributed by atoms with Crippen molar-refractivity contribution in [2.24, 2.45) is 0 Å². The quantitative estimate of drug-likeness (QED) is 0.295. The van der Waals surface area contributed by atoms with Gasteiger partial charge in [-0.25, -0.2) is 0 Å². The van der Waals surface area contributed by atoms with Crippen LogP contribution in [0.3, 0.4) is 0 Å². The fourth-order valence-electron chi connectivity index (χ4n) is 4.15. The molecule has 2 heterocycles. The molecule has 0 unspecified atom stereocenters. The Morgan fingerprint density at radius 2 is 1.69 bits per heavy atom. The number of fused-ring (bicyclic) bond motifs is 7. The molecule has 2 aromatic heterocycles. The SMILES string of the molecule is C=Cc1sc2c(ccc3c2ccc2c4cc(CC)ccc4oc23)c1/C=C(\C)CC. The van der Waals surface area contributed by atoms with Gasteiger partial charge in [0.15, 0.2) is 0 Å². The van der Waals surface area contributed by atoms with Crippen LogP contribution in [0, 0.1) is 0 Å². The molecule has 0 aliphatic heterocycles. The zero-order chi connectivity index (χ0) is 20.1. The Balaban J connectivity index is 1.86. The normalized spacial score (nSPS) is 12.6. The Morgan fingerprint density at radius 3 is 2.41 bits per heavy atom. The van der Waals surface area contributed by atoms with E-state index in [4.69, 9.17) is 4.42 Å². The Bertz CT molecular complexity index is 1440. The molecule has 0 saturated heterocycles. The van der Waals surface area contributed by atoms with Crippen molar-refractivity contribution < 1.29 is 4.42 Å². The van der Waals surface area contributed by atoms with E-state index in [1.165, 1.54) is 53.2 Å². The molecule has 5 aromatic rings. The lowest BCUT2D eigenvalue weighted by Gasteiger charge is -2.02. The summed E-state index contributed by atoms with van der Waals surface area (Å²) in [4.78, 5) is 1.23. The first-order valence-corrected chi connectivity index (χ1v) is 11.1. The number of thiophene rings is 1. The van der Waals surface area contributed by atoms with E-state index in [0.717, 1.165) is 24.0 Å². The summed E-state index contributed by atoms with van der Waals surface area (Å²) in [7, 11) is 0. The van der Waals surface area contributed by atoms with Crippen LogP contribution < -0.4 is 0 Å². The second-order valence-electron chi connectivity index (χ2n) is 7.69. The van der Waals surface area contributed by atoms with Crippen molar-refractivity contribution >= 4 is 66.3 Å². The highest BCUT2D eigenvalue weighted by atomic mass is 32.1. The predicted molar refractivity (Wildman–Crippen MR) is 130 cm³/mol. The van der Waals surface area contributed by atoms with Crippen molar-refractivity contribution in [1.29, 1.82) is 0 Å². The maximum atomic E-state index is 6.33. The number of furan rings is 1. The number of allylic oxidation sites excluding steroid dienone is 1. The fourth-order valence-corrected chi connectivity index (χ4v) is 5.31. The Kier molecular flexibility index (Phi) is 4.33. The van der Waals surface area contributed by atoms with Gasteiger partial charge in [-0.3, -0.25) is 0 Å². The van der Waals surface area contributed by atoms with Crippen LogP contribution in [-0.2, 0) is 6.42 Å². The smallest absolute Gasteiger partial charge is 0.143 e. The van der Waals surface area contributed by atoms with Gasteiger partial charge in [-0.15, -0.1) is 11.3 Å². The summed E-state index contributed by atoms with van der Waals surface area (Å²) in [6.07, 6.45) is 6.38. The molecule has 0 N–H and O–H groups in total. The first kappa shape index (κ1) is 18.2. The topological polar surface area (TPSA) is 13.1 Å². The predicted octanol–water partition coefficient (Wildman–Crippen LogP) is 8.97. The summed E-state index contributed by atoms with van der Waals surface area (Å²) in [5.74, 6) is 0. The molecule has 0 spiro atoms. The van der Waals surface area contributed by atoms with Crippen molar-refractivity contribution in [2.75, 3.05) is 0 Å². The molecule has 0 fully saturated rings. The van der Waals surface area contributed by atoms with Crippen LogP contribution in [0.5, 0.6) is 0 Å². The second-order valence-corrected chi connectivity index (χ2v) is 8.75. The molecule has 0 radical (unpaired) electrons. The van der Waals surface area contributed by atoms with E-state index < -0.39 is 0 Å². The van der Waals surface area contributed by atoms with Crippen molar-refractivity contribution in [3.8, 4) is 0 Å². The molecule has 1 nitrogen and oxygen atoms in total. The summed E-state index contributed by atoms with van der Waals surface area (Å²) < 4.78 is 7.64. The lowest BCUT2D eigenvalue weighted by atomic mass is 10.0. The molecule has 144 valence electrons. The van der Waals surface area contributed by atoms with Crippen LogP contribution in [0.1, 0.15) is 43.2 Å². The number of benzene rings is 3. The Hall–Kier alpha value is -2.84. The molecule has 5 rings (SSSR count). The lowest BCUT2D eigenvalue weighted by molar-refractivity contribution is 0.672. The highest BCUT2D eigenvalue weighted by molar-refractivity contribution is 7.21. The van der Waals surface area contributed by atoms with Gasteiger partial charge in [0.1, 0.15) is 11.2 Å². The molecule has 0 bridgehead atoms. The van der Waals surface area contributed by atoms with Gasteiger partial charge >= 0.3 is 0 Å². The molecule has 3 aromatic carbocycles. The molecular weight excluding hydrogens is 372 g/mol. The maximum Gasteiger partial charge on any atom is 0.143 e. The van der Waals surface area contributed by atoms with Crippen LogP contribution >= 0.6 is 11.3 Å². The standard InChI is InChI=1S/C27H24OS/c1-5-16(4)14-23-21-12-9-18-20(27(21)29-25(23)7-3)11-10-19-22-15-17(6-2)8-13-24(22)28-26(18)19/h7-15H,3,5-6H2,1-2,4H3/b16-14+. The Morgan fingerprint density at radius 1 is 0.966 bits per heavy atom. The van der Waals surface area contributed by atoms with Gasteiger partial charge in [0.2, 0.25) is 0 Å². The largest absolute Gasteiger partial charge is 0.455 e. The van der Waals surface area contributed by atoms with Crippen LogP contribution in [-0.4, -0.2) is 0 Å². The molecular formula is C27H24OS. The highest BCUT2D eigenvalue weighted by Gasteiger charge is 2.15. The molecule has 2 heteroatoms. The third-order valence-electron chi connectivity index (χ3n) is 5.96. The van der Waals surface area contributed by atoms with Crippen molar-refractivity contribution in [3.63, 3.8) is 0 Å². The average molecular weight is 397 g/mol. The number of hydrogen-bond acceptors (Lipinski definition) is 2.